The van der Waals surface area contributed by atoms with Crippen molar-refractivity contribution in [1.29, 1.82) is 0 Å². The van der Waals surface area contributed by atoms with Crippen LogP contribution in [0.5, 0.6) is 0 Å². The number of hydrogen-bond donors (Lipinski definition) is 1. The highest BCUT2D eigenvalue weighted by atomic mass is 16.5. The third-order valence-electron chi connectivity index (χ3n) is 3.08. The van der Waals surface area contributed by atoms with Crippen LogP contribution in [0.15, 0.2) is 22.8 Å². The summed E-state index contributed by atoms with van der Waals surface area (Å²) in [4.78, 5) is 0. The van der Waals surface area contributed by atoms with E-state index in [1.54, 1.807) is 6.26 Å². The molecule has 1 aromatic rings. The average Bonchev–Trinajstić information content (AvgIpc) is 2.69. The maximum Gasteiger partial charge on any atom is 0.105 e. The predicted octanol–water partition coefficient (Wildman–Crippen LogP) is 2.37. The van der Waals surface area contributed by atoms with Crippen molar-refractivity contribution in [2.75, 3.05) is 13.2 Å². The van der Waals surface area contributed by atoms with Gasteiger partial charge in [0, 0.05) is 25.6 Å². The van der Waals surface area contributed by atoms with E-state index < -0.39 is 0 Å². The van der Waals surface area contributed by atoms with E-state index in [1.165, 1.54) is 0 Å². The second-order valence-electron chi connectivity index (χ2n) is 5.08. The van der Waals surface area contributed by atoms with Gasteiger partial charge in [0.1, 0.15) is 5.76 Å². The third kappa shape index (κ3) is 3.35. The maximum absolute atomic E-state index is 5.69. The summed E-state index contributed by atoms with van der Waals surface area (Å²) in [6.45, 7) is 6.17. The van der Waals surface area contributed by atoms with Crippen LogP contribution in [0.3, 0.4) is 0 Å². The van der Waals surface area contributed by atoms with Crippen LogP contribution in [-0.2, 0) is 11.2 Å². The third-order valence-corrected chi connectivity index (χ3v) is 3.08. The fourth-order valence-corrected chi connectivity index (χ4v) is 2.26. The summed E-state index contributed by atoms with van der Waals surface area (Å²) in [7, 11) is 0. The van der Waals surface area contributed by atoms with E-state index in [1.807, 2.05) is 12.1 Å². The molecule has 1 unspecified atom stereocenters. The fourth-order valence-electron chi connectivity index (χ4n) is 2.26. The van der Waals surface area contributed by atoms with E-state index in [9.17, 15) is 0 Å². The summed E-state index contributed by atoms with van der Waals surface area (Å²) in [6, 6.07) is 4.54. The molecule has 1 N–H and O–H groups in total. The van der Waals surface area contributed by atoms with Crippen LogP contribution in [-0.4, -0.2) is 24.8 Å². The van der Waals surface area contributed by atoms with Crippen LogP contribution in [0.4, 0.5) is 0 Å². The van der Waals surface area contributed by atoms with Gasteiger partial charge in [-0.25, -0.2) is 0 Å². The van der Waals surface area contributed by atoms with Gasteiger partial charge in [-0.2, -0.15) is 0 Å². The lowest BCUT2D eigenvalue weighted by Gasteiger charge is -2.35. The number of rotatable bonds is 4. The van der Waals surface area contributed by atoms with Gasteiger partial charge in [0.2, 0.25) is 0 Å². The van der Waals surface area contributed by atoms with Gasteiger partial charge in [-0.15, -0.1) is 0 Å². The van der Waals surface area contributed by atoms with E-state index in [2.05, 4.69) is 19.2 Å². The topological polar surface area (TPSA) is 34.4 Å². The molecule has 1 atom stereocenters. The van der Waals surface area contributed by atoms with Crippen LogP contribution < -0.4 is 5.32 Å². The van der Waals surface area contributed by atoms with Crippen molar-refractivity contribution >= 4 is 0 Å². The molecule has 1 aromatic heterocycles. The van der Waals surface area contributed by atoms with Gasteiger partial charge in [0.25, 0.3) is 0 Å². The van der Waals surface area contributed by atoms with Gasteiger partial charge in [-0.3, -0.25) is 0 Å². The van der Waals surface area contributed by atoms with Gasteiger partial charge in [-0.05, 0) is 38.8 Å². The summed E-state index contributed by atoms with van der Waals surface area (Å²) in [5, 5.41) is 3.58. The van der Waals surface area contributed by atoms with E-state index in [4.69, 9.17) is 9.15 Å². The molecule has 1 saturated heterocycles. The van der Waals surface area contributed by atoms with Gasteiger partial charge in [0.05, 0.1) is 11.9 Å². The van der Waals surface area contributed by atoms with Gasteiger partial charge >= 0.3 is 0 Å². The normalized spacial score (nSPS) is 24.5. The molecule has 2 rings (SSSR count). The van der Waals surface area contributed by atoms with E-state index >= 15 is 0 Å². The van der Waals surface area contributed by atoms with Crippen LogP contribution in [0.1, 0.15) is 32.4 Å². The summed E-state index contributed by atoms with van der Waals surface area (Å²) in [5.41, 5.74) is 0.0284. The largest absolute Gasteiger partial charge is 0.469 e. The highest BCUT2D eigenvalue weighted by molar-refractivity contribution is 4.98. The Balaban J connectivity index is 1.70. The maximum atomic E-state index is 5.69. The molecule has 3 heteroatoms. The van der Waals surface area contributed by atoms with E-state index in [-0.39, 0.29) is 5.60 Å². The van der Waals surface area contributed by atoms with Crippen molar-refractivity contribution in [3.8, 4) is 0 Å². The second kappa shape index (κ2) is 5.02. The molecule has 3 nitrogen and oxygen atoms in total. The number of hydrogen-bond acceptors (Lipinski definition) is 3. The second-order valence-corrected chi connectivity index (χ2v) is 5.08. The Bertz CT molecular complexity index is 306. The van der Waals surface area contributed by atoms with Crippen molar-refractivity contribution < 1.29 is 9.15 Å². The molecule has 90 valence electrons. The fraction of sp³-hybridized carbons (Fsp3) is 0.692. The molecule has 0 spiro atoms. The molecule has 0 amide bonds. The molecular formula is C13H21NO2. The molecule has 0 aliphatic carbocycles. The number of ether oxygens (including phenoxy) is 1. The highest BCUT2D eigenvalue weighted by Crippen LogP contribution is 2.23. The molecule has 0 bridgehead atoms. The zero-order chi connectivity index (χ0) is 11.4. The molecule has 0 aromatic carbocycles. The van der Waals surface area contributed by atoms with Crippen LogP contribution >= 0.6 is 0 Å². The molecule has 0 radical (unpaired) electrons. The Morgan fingerprint density at radius 2 is 2.38 bits per heavy atom. The quantitative estimate of drug-likeness (QED) is 0.851. The van der Waals surface area contributed by atoms with Gasteiger partial charge < -0.3 is 14.5 Å². The summed E-state index contributed by atoms with van der Waals surface area (Å²) in [6.07, 6.45) is 4.89. The zero-order valence-corrected chi connectivity index (χ0v) is 10.2. The first kappa shape index (κ1) is 11.7. The summed E-state index contributed by atoms with van der Waals surface area (Å²) >= 11 is 0. The molecule has 1 aliphatic heterocycles. The Hall–Kier alpha value is -0.800. The first-order valence-electron chi connectivity index (χ1n) is 6.05. The van der Waals surface area contributed by atoms with E-state index in [0.717, 1.165) is 38.2 Å². The Morgan fingerprint density at radius 1 is 1.50 bits per heavy atom. The monoisotopic (exact) mass is 223 g/mol. The molecule has 0 saturated carbocycles. The summed E-state index contributed by atoms with van der Waals surface area (Å²) in [5.74, 6) is 1.05. The van der Waals surface area contributed by atoms with Crippen LogP contribution in [0, 0.1) is 0 Å². The lowest BCUT2D eigenvalue weighted by molar-refractivity contribution is -0.0627. The molecule has 1 aliphatic rings. The standard InChI is InChI=1S/C13H21NO2/c1-13(2)10-11(6-9-16-13)14-7-5-12-4-3-8-15-12/h3-4,8,11,14H,5-7,9-10H2,1-2H3. The smallest absolute Gasteiger partial charge is 0.105 e. The van der Waals surface area contributed by atoms with Crippen molar-refractivity contribution in [1.82, 2.24) is 5.32 Å². The minimum atomic E-state index is 0.0284. The molecular weight excluding hydrogens is 202 g/mol. The lowest BCUT2D eigenvalue weighted by Crippen LogP contribution is -2.44. The number of nitrogens with one attached hydrogen (secondary N) is 1. The molecule has 2 heterocycles. The molecule has 1 fully saturated rings. The van der Waals surface area contributed by atoms with Crippen molar-refractivity contribution in [2.45, 2.75) is 44.8 Å². The van der Waals surface area contributed by atoms with Crippen molar-refractivity contribution in [3.05, 3.63) is 24.2 Å². The van der Waals surface area contributed by atoms with Crippen molar-refractivity contribution in [3.63, 3.8) is 0 Å². The first-order chi connectivity index (χ1) is 7.66. The zero-order valence-electron chi connectivity index (χ0n) is 10.2. The first-order valence-corrected chi connectivity index (χ1v) is 6.05. The highest BCUT2D eigenvalue weighted by Gasteiger charge is 2.28. The minimum absolute atomic E-state index is 0.0284. The summed E-state index contributed by atoms with van der Waals surface area (Å²) < 4.78 is 11.0. The lowest BCUT2D eigenvalue weighted by atomic mass is 9.94. The van der Waals surface area contributed by atoms with Crippen LogP contribution in [0.2, 0.25) is 0 Å². The SMILES string of the molecule is CC1(C)CC(NCCc2ccco2)CCO1. The van der Waals surface area contributed by atoms with Gasteiger partial charge in [-0.1, -0.05) is 0 Å². The Morgan fingerprint density at radius 3 is 3.06 bits per heavy atom. The van der Waals surface area contributed by atoms with Crippen LogP contribution in [0.25, 0.3) is 0 Å². The number of furan rings is 1. The van der Waals surface area contributed by atoms with Gasteiger partial charge in [0.15, 0.2) is 0 Å². The minimum Gasteiger partial charge on any atom is -0.469 e. The van der Waals surface area contributed by atoms with Crippen molar-refractivity contribution in [2.24, 2.45) is 0 Å². The Kier molecular flexibility index (Phi) is 3.66. The Labute approximate surface area is 97.2 Å². The predicted molar refractivity (Wildman–Crippen MR) is 63.5 cm³/mol. The van der Waals surface area contributed by atoms with E-state index in [0.29, 0.717) is 6.04 Å². The molecule has 16 heavy (non-hydrogen) atoms. The average molecular weight is 223 g/mol.